The number of aromatic amines is 1. The van der Waals surface area contributed by atoms with Crippen molar-refractivity contribution in [2.24, 2.45) is 0 Å². The lowest BCUT2D eigenvalue weighted by molar-refractivity contribution is -0.0246. The van der Waals surface area contributed by atoms with Crippen molar-refractivity contribution >= 4 is 5.91 Å². The highest BCUT2D eigenvalue weighted by molar-refractivity contribution is 5.95. The van der Waals surface area contributed by atoms with Gasteiger partial charge in [-0.2, -0.15) is 5.10 Å². The first kappa shape index (κ1) is 14.8. The Morgan fingerprint density at radius 1 is 1.41 bits per heavy atom. The molecule has 1 N–H and O–H groups in total. The summed E-state index contributed by atoms with van der Waals surface area (Å²) in [6, 6.07) is 10.4. The van der Waals surface area contributed by atoms with Gasteiger partial charge in [0.15, 0.2) is 0 Å². The molecule has 1 amide bonds. The number of carbonyl (C=O) groups excluding carboxylic acids is 1. The van der Waals surface area contributed by atoms with Gasteiger partial charge >= 0.3 is 0 Å². The van der Waals surface area contributed by atoms with Crippen molar-refractivity contribution in [3.05, 3.63) is 53.3 Å². The van der Waals surface area contributed by atoms with Crippen molar-refractivity contribution in [3.8, 4) is 0 Å². The lowest BCUT2D eigenvalue weighted by Crippen LogP contribution is -2.45. The first-order chi connectivity index (χ1) is 10.7. The van der Waals surface area contributed by atoms with Crippen LogP contribution in [0.3, 0.4) is 0 Å². The second kappa shape index (κ2) is 6.75. The van der Waals surface area contributed by atoms with E-state index in [9.17, 15) is 4.79 Å². The van der Waals surface area contributed by atoms with Gasteiger partial charge in [-0.15, -0.1) is 0 Å². The number of amides is 1. The van der Waals surface area contributed by atoms with Crippen LogP contribution in [0.2, 0.25) is 0 Å². The highest BCUT2D eigenvalue weighted by atomic mass is 16.5. The molecule has 1 aliphatic rings. The van der Waals surface area contributed by atoms with Gasteiger partial charge in [0.25, 0.3) is 5.91 Å². The number of aromatic nitrogens is 2. The molecule has 22 heavy (non-hydrogen) atoms. The molecule has 1 saturated heterocycles. The maximum Gasteiger partial charge on any atom is 0.257 e. The Morgan fingerprint density at radius 3 is 2.95 bits per heavy atom. The number of nitrogens with one attached hydrogen (secondary N) is 1. The number of carbonyl (C=O) groups is 1. The number of aryl methyl sites for hydroxylation is 2. The first-order valence-electron chi connectivity index (χ1n) is 7.69. The van der Waals surface area contributed by atoms with Crippen molar-refractivity contribution in [3.63, 3.8) is 0 Å². The highest BCUT2D eigenvalue weighted by Crippen LogP contribution is 2.15. The molecular formula is C17H21N3O2. The molecule has 1 fully saturated rings. The summed E-state index contributed by atoms with van der Waals surface area (Å²) in [5, 5.41) is 6.75. The van der Waals surface area contributed by atoms with Crippen molar-refractivity contribution in [2.45, 2.75) is 25.9 Å². The molecule has 0 radical (unpaired) electrons. The van der Waals surface area contributed by atoms with Gasteiger partial charge in [-0.05, 0) is 25.3 Å². The van der Waals surface area contributed by atoms with Crippen LogP contribution in [0, 0.1) is 6.92 Å². The molecule has 0 saturated carbocycles. The van der Waals surface area contributed by atoms with E-state index in [1.54, 1.807) is 6.20 Å². The van der Waals surface area contributed by atoms with Crippen LogP contribution in [0.1, 0.15) is 28.0 Å². The van der Waals surface area contributed by atoms with Crippen LogP contribution in [0.15, 0.2) is 36.5 Å². The topological polar surface area (TPSA) is 58.2 Å². The quantitative estimate of drug-likeness (QED) is 0.941. The van der Waals surface area contributed by atoms with Gasteiger partial charge in [-0.1, -0.05) is 30.3 Å². The molecular weight excluding hydrogens is 278 g/mol. The normalized spacial score (nSPS) is 18.4. The molecule has 3 rings (SSSR count). The summed E-state index contributed by atoms with van der Waals surface area (Å²) in [6.45, 7) is 3.76. The Labute approximate surface area is 130 Å². The minimum absolute atomic E-state index is 0.0410. The SMILES string of the molecule is Cc1[nH]ncc1C(=O)N1CCO[C@@H](CCc2ccccc2)C1. The third-order valence-corrected chi connectivity index (χ3v) is 4.08. The van der Waals surface area contributed by atoms with E-state index >= 15 is 0 Å². The Morgan fingerprint density at radius 2 is 2.23 bits per heavy atom. The van der Waals surface area contributed by atoms with Gasteiger partial charge in [-0.25, -0.2) is 0 Å². The average molecular weight is 299 g/mol. The predicted octanol–water partition coefficient (Wildman–Crippen LogP) is 2.19. The zero-order valence-electron chi connectivity index (χ0n) is 12.8. The van der Waals surface area contributed by atoms with Crippen LogP contribution in [-0.4, -0.2) is 46.8 Å². The van der Waals surface area contributed by atoms with Crippen molar-refractivity contribution in [1.82, 2.24) is 15.1 Å². The van der Waals surface area contributed by atoms with Gasteiger partial charge in [0.1, 0.15) is 0 Å². The largest absolute Gasteiger partial charge is 0.375 e. The van der Waals surface area contributed by atoms with Crippen LogP contribution < -0.4 is 0 Å². The molecule has 0 aliphatic carbocycles. The van der Waals surface area contributed by atoms with Crippen LogP contribution in [0.5, 0.6) is 0 Å². The fourth-order valence-corrected chi connectivity index (χ4v) is 2.79. The Bertz CT molecular complexity index is 624. The Kier molecular flexibility index (Phi) is 4.53. The number of ether oxygens (including phenoxy) is 1. The summed E-state index contributed by atoms with van der Waals surface area (Å²) in [5.74, 6) is 0.0410. The molecule has 5 nitrogen and oxygen atoms in total. The summed E-state index contributed by atoms with van der Waals surface area (Å²) in [4.78, 5) is 14.4. The molecule has 1 aliphatic heterocycles. The van der Waals surface area contributed by atoms with Gasteiger partial charge in [-0.3, -0.25) is 9.89 Å². The molecule has 116 valence electrons. The van der Waals surface area contributed by atoms with Gasteiger partial charge < -0.3 is 9.64 Å². The minimum atomic E-state index is 0.0410. The third-order valence-electron chi connectivity index (χ3n) is 4.08. The predicted molar refractivity (Wildman–Crippen MR) is 83.7 cm³/mol. The van der Waals surface area contributed by atoms with Gasteiger partial charge in [0.05, 0.1) is 24.5 Å². The van der Waals surface area contributed by atoms with E-state index in [0.717, 1.165) is 18.5 Å². The van der Waals surface area contributed by atoms with E-state index in [-0.39, 0.29) is 12.0 Å². The Hall–Kier alpha value is -2.14. The van der Waals surface area contributed by atoms with Crippen LogP contribution in [-0.2, 0) is 11.2 Å². The third kappa shape index (κ3) is 3.36. The molecule has 1 aromatic carbocycles. The zero-order chi connectivity index (χ0) is 15.4. The smallest absolute Gasteiger partial charge is 0.257 e. The van der Waals surface area contributed by atoms with Crippen molar-refractivity contribution in [2.75, 3.05) is 19.7 Å². The van der Waals surface area contributed by atoms with E-state index < -0.39 is 0 Å². The summed E-state index contributed by atoms with van der Waals surface area (Å²) in [6.07, 6.45) is 3.60. The van der Waals surface area contributed by atoms with E-state index in [1.807, 2.05) is 17.9 Å². The maximum atomic E-state index is 12.5. The molecule has 0 bridgehead atoms. The minimum Gasteiger partial charge on any atom is -0.375 e. The molecule has 0 unspecified atom stereocenters. The second-order valence-electron chi connectivity index (χ2n) is 5.68. The van der Waals surface area contributed by atoms with Gasteiger partial charge in [0.2, 0.25) is 0 Å². The molecule has 1 aromatic heterocycles. The van der Waals surface area contributed by atoms with Crippen molar-refractivity contribution < 1.29 is 9.53 Å². The van der Waals surface area contributed by atoms with Gasteiger partial charge in [0, 0.05) is 18.8 Å². The lowest BCUT2D eigenvalue weighted by atomic mass is 10.1. The number of hydrogen-bond donors (Lipinski definition) is 1. The number of benzene rings is 1. The Balaban J connectivity index is 1.57. The lowest BCUT2D eigenvalue weighted by Gasteiger charge is -2.33. The van der Waals surface area contributed by atoms with E-state index in [2.05, 4.69) is 34.5 Å². The number of hydrogen-bond acceptors (Lipinski definition) is 3. The fourth-order valence-electron chi connectivity index (χ4n) is 2.79. The summed E-state index contributed by atoms with van der Waals surface area (Å²) in [5.41, 5.74) is 2.78. The van der Waals surface area contributed by atoms with Crippen LogP contribution in [0.25, 0.3) is 0 Å². The molecule has 5 heteroatoms. The fraction of sp³-hybridized carbons (Fsp3) is 0.412. The maximum absolute atomic E-state index is 12.5. The van der Waals surface area contributed by atoms with E-state index in [0.29, 0.717) is 25.3 Å². The monoisotopic (exact) mass is 299 g/mol. The zero-order valence-corrected chi connectivity index (χ0v) is 12.8. The highest BCUT2D eigenvalue weighted by Gasteiger charge is 2.26. The summed E-state index contributed by atoms with van der Waals surface area (Å²) >= 11 is 0. The average Bonchev–Trinajstić information content (AvgIpc) is 2.99. The first-order valence-corrected chi connectivity index (χ1v) is 7.69. The standard InChI is InChI=1S/C17H21N3O2/c1-13-16(11-18-19-13)17(21)20-9-10-22-15(12-20)8-7-14-5-3-2-4-6-14/h2-6,11,15H,7-10,12H2,1H3,(H,18,19)/t15-/m0/s1. The number of H-pyrrole nitrogens is 1. The summed E-state index contributed by atoms with van der Waals surface area (Å²) in [7, 11) is 0. The van der Waals surface area contributed by atoms with Crippen LogP contribution >= 0.6 is 0 Å². The number of nitrogens with zero attached hydrogens (tertiary/aromatic N) is 2. The van der Waals surface area contributed by atoms with E-state index in [4.69, 9.17) is 4.74 Å². The van der Waals surface area contributed by atoms with E-state index in [1.165, 1.54) is 5.56 Å². The van der Waals surface area contributed by atoms with Crippen LogP contribution in [0.4, 0.5) is 0 Å². The summed E-state index contributed by atoms with van der Waals surface area (Å²) < 4.78 is 5.81. The second-order valence-corrected chi connectivity index (χ2v) is 5.68. The number of rotatable bonds is 4. The molecule has 2 aromatic rings. The van der Waals surface area contributed by atoms with Crippen molar-refractivity contribution in [1.29, 1.82) is 0 Å². The molecule has 0 spiro atoms. The molecule has 2 heterocycles. The number of morpholine rings is 1. The molecule has 1 atom stereocenters.